The lowest BCUT2D eigenvalue weighted by Crippen LogP contribution is -2.45. The molecule has 0 atom stereocenters. The molecule has 0 radical (unpaired) electrons. The first-order chi connectivity index (χ1) is 12.8. The average molecular weight is 345 g/mol. The maximum atomic E-state index is 12.4. The maximum Gasteiger partial charge on any atom is 0.224 e. The Balaban J connectivity index is 1.37. The van der Waals surface area contributed by atoms with E-state index in [0.29, 0.717) is 13.0 Å². The zero-order chi connectivity index (χ0) is 17.8. The van der Waals surface area contributed by atoms with Crippen molar-refractivity contribution in [1.29, 1.82) is 0 Å². The summed E-state index contributed by atoms with van der Waals surface area (Å²) in [4.78, 5) is 12.4. The lowest BCUT2D eigenvalue weighted by molar-refractivity contribution is -0.120. The topological polar surface area (TPSA) is 46.9 Å². The van der Waals surface area contributed by atoms with Crippen LogP contribution in [0, 0.1) is 0 Å². The zero-order valence-corrected chi connectivity index (χ0v) is 14.8. The van der Waals surface area contributed by atoms with Crippen LogP contribution >= 0.6 is 0 Å². The zero-order valence-electron chi connectivity index (χ0n) is 14.8. The normalized spacial score (nSPS) is 15.2. The van der Waals surface area contributed by atoms with Crippen molar-refractivity contribution in [3.05, 3.63) is 84.2 Å². The standard InChI is InChI=1S/C22H23N3O/c26-21(14-18-15-24-25(16-18)20-10-5-2-6-11-20)23-17-22(12-7-13-22)19-8-3-1-4-9-19/h1-6,8-11,15-16H,7,12-14,17H2,(H,23,26). The molecule has 1 aliphatic rings. The van der Waals surface area contributed by atoms with Gasteiger partial charge in [0.15, 0.2) is 0 Å². The Labute approximate surface area is 153 Å². The van der Waals surface area contributed by atoms with Gasteiger partial charge in [-0.25, -0.2) is 4.68 Å². The van der Waals surface area contributed by atoms with Crippen LogP contribution in [0.25, 0.3) is 5.69 Å². The van der Waals surface area contributed by atoms with Gasteiger partial charge >= 0.3 is 0 Å². The number of hydrogen-bond acceptors (Lipinski definition) is 2. The van der Waals surface area contributed by atoms with Gasteiger partial charge in [-0.15, -0.1) is 0 Å². The van der Waals surface area contributed by atoms with Crippen LogP contribution in [0.1, 0.15) is 30.4 Å². The first kappa shape index (κ1) is 16.6. The van der Waals surface area contributed by atoms with Gasteiger partial charge < -0.3 is 5.32 Å². The van der Waals surface area contributed by atoms with Gasteiger partial charge in [-0.1, -0.05) is 55.0 Å². The average Bonchev–Trinajstić information content (AvgIpc) is 3.11. The fourth-order valence-electron chi connectivity index (χ4n) is 3.65. The molecule has 26 heavy (non-hydrogen) atoms. The highest BCUT2D eigenvalue weighted by atomic mass is 16.1. The molecular formula is C22H23N3O. The molecule has 132 valence electrons. The summed E-state index contributed by atoms with van der Waals surface area (Å²) in [5.74, 6) is 0.0554. The number of nitrogens with one attached hydrogen (secondary N) is 1. The summed E-state index contributed by atoms with van der Waals surface area (Å²) in [7, 11) is 0. The van der Waals surface area contributed by atoms with Crippen LogP contribution in [0.15, 0.2) is 73.1 Å². The predicted octanol–water partition coefficient (Wildman–Crippen LogP) is 3.65. The number of rotatable bonds is 6. The molecule has 4 nitrogen and oxygen atoms in total. The second kappa shape index (κ2) is 7.16. The van der Waals surface area contributed by atoms with Crippen molar-refractivity contribution < 1.29 is 4.79 Å². The van der Waals surface area contributed by atoms with E-state index in [4.69, 9.17) is 0 Å². The predicted molar refractivity (Wildman–Crippen MR) is 102 cm³/mol. The van der Waals surface area contributed by atoms with Crippen molar-refractivity contribution in [3.63, 3.8) is 0 Å². The Hall–Kier alpha value is -2.88. The number of nitrogens with zero attached hydrogens (tertiary/aromatic N) is 2. The van der Waals surface area contributed by atoms with Crippen LogP contribution in [0.2, 0.25) is 0 Å². The molecule has 1 aromatic heterocycles. The Morgan fingerprint density at radius 1 is 1.04 bits per heavy atom. The minimum Gasteiger partial charge on any atom is -0.355 e. The van der Waals surface area contributed by atoms with Crippen LogP contribution in [-0.4, -0.2) is 22.2 Å². The molecule has 1 heterocycles. The van der Waals surface area contributed by atoms with Gasteiger partial charge in [-0.3, -0.25) is 4.79 Å². The van der Waals surface area contributed by atoms with Gasteiger partial charge in [0.05, 0.1) is 18.3 Å². The van der Waals surface area contributed by atoms with Gasteiger partial charge in [-0.2, -0.15) is 5.10 Å². The molecule has 1 amide bonds. The highest BCUT2D eigenvalue weighted by Gasteiger charge is 2.38. The van der Waals surface area contributed by atoms with E-state index in [1.54, 1.807) is 10.9 Å². The fraction of sp³-hybridized carbons (Fsp3) is 0.273. The van der Waals surface area contributed by atoms with Gasteiger partial charge in [0.2, 0.25) is 5.91 Å². The first-order valence-electron chi connectivity index (χ1n) is 9.16. The van der Waals surface area contributed by atoms with Crippen LogP contribution in [-0.2, 0) is 16.6 Å². The van der Waals surface area contributed by atoms with E-state index in [0.717, 1.165) is 24.1 Å². The van der Waals surface area contributed by atoms with Gasteiger partial charge in [0.25, 0.3) is 0 Å². The number of amides is 1. The summed E-state index contributed by atoms with van der Waals surface area (Å²) in [6, 6.07) is 20.5. The van der Waals surface area contributed by atoms with E-state index in [1.807, 2.05) is 42.6 Å². The number of carbonyl (C=O) groups is 1. The van der Waals surface area contributed by atoms with Crippen LogP contribution in [0.3, 0.4) is 0 Å². The molecular weight excluding hydrogens is 322 g/mol. The molecule has 0 saturated heterocycles. The third kappa shape index (κ3) is 3.40. The Morgan fingerprint density at radius 3 is 2.38 bits per heavy atom. The van der Waals surface area contributed by atoms with Crippen LogP contribution < -0.4 is 5.32 Å². The molecule has 0 bridgehead atoms. The van der Waals surface area contributed by atoms with Crippen molar-refractivity contribution in [2.75, 3.05) is 6.54 Å². The second-order valence-electron chi connectivity index (χ2n) is 7.08. The Bertz CT molecular complexity index is 867. The molecule has 2 aromatic carbocycles. The number of benzene rings is 2. The Morgan fingerprint density at radius 2 is 1.73 bits per heavy atom. The lowest BCUT2D eigenvalue weighted by atomic mass is 9.64. The molecule has 4 heteroatoms. The third-order valence-electron chi connectivity index (χ3n) is 5.34. The molecule has 1 aliphatic carbocycles. The summed E-state index contributed by atoms with van der Waals surface area (Å²) in [6.07, 6.45) is 7.56. The molecule has 4 rings (SSSR count). The molecule has 1 N–H and O–H groups in total. The van der Waals surface area contributed by atoms with Gasteiger partial charge in [0, 0.05) is 18.2 Å². The lowest BCUT2D eigenvalue weighted by Gasteiger charge is -2.42. The molecule has 1 saturated carbocycles. The summed E-state index contributed by atoms with van der Waals surface area (Å²) in [5, 5.41) is 7.51. The van der Waals surface area contributed by atoms with Crippen LogP contribution in [0.5, 0.6) is 0 Å². The van der Waals surface area contributed by atoms with E-state index in [-0.39, 0.29) is 11.3 Å². The van der Waals surface area contributed by atoms with E-state index < -0.39 is 0 Å². The van der Waals surface area contributed by atoms with Crippen molar-refractivity contribution in [3.8, 4) is 5.69 Å². The number of carbonyl (C=O) groups excluding carboxylic acids is 1. The van der Waals surface area contributed by atoms with Crippen molar-refractivity contribution >= 4 is 5.91 Å². The van der Waals surface area contributed by atoms with Gasteiger partial charge in [-0.05, 0) is 36.1 Å². The number of aromatic nitrogens is 2. The summed E-state index contributed by atoms with van der Waals surface area (Å²) < 4.78 is 1.81. The van der Waals surface area contributed by atoms with Crippen LogP contribution in [0.4, 0.5) is 0 Å². The highest BCUT2D eigenvalue weighted by molar-refractivity contribution is 5.78. The summed E-state index contributed by atoms with van der Waals surface area (Å²) >= 11 is 0. The quantitative estimate of drug-likeness (QED) is 0.741. The molecule has 0 unspecified atom stereocenters. The van der Waals surface area contributed by atoms with E-state index in [2.05, 4.69) is 34.7 Å². The van der Waals surface area contributed by atoms with Crippen molar-refractivity contribution in [1.82, 2.24) is 15.1 Å². The third-order valence-corrected chi connectivity index (χ3v) is 5.34. The molecule has 0 aliphatic heterocycles. The van der Waals surface area contributed by atoms with Crippen molar-refractivity contribution in [2.45, 2.75) is 31.1 Å². The molecule has 0 spiro atoms. The molecule has 3 aromatic rings. The van der Waals surface area contributed by atoms with Crippen molar-refractivity contribution in [2.24, 2.45) is 0 Å². The number of hydrogen-bond donors (Lipinski definition) is 1. The van der Waals surface area contributed by atoms with Gasteiger partial charge in [0.1, 0.15) is 0 Å². The smallest absolute Gasteiger partial charge is 0.224 e. The Kier molecular flexibility index (Phi) is 4.57. The SMILES string of the molecule is O=C(Cc1cnn(-c2ccccc2)c1)NCC1(c2ccccc2)CCC1. The largest absolute Gasteiger partial charge is 0.355 e. The minimum atomic E-state index is 0.0554. The summed E-state index contributed by atoms with van der Waals surface area (Å²) in [6.45, 7) is 0.711. The second-order valence-corrected chi connectivity index (χ2v) is 7.08. The molecule has 1 fully saturated rings. The summed E-state index contributed by atoms with van der Waals surface area (Å²) in [5.41, 5.74) is 3.37. The highest BCUT2D eigenvalue weighted by Crippen LogP contribution is 2.43. The van der Waals surface area contributed by atoms with E-state index >= 15 is 0 Å². The maximum absolute atomic E-state index is 12.4. The van der Waals surface area contributed by atoms with E-state index in [1.165, 1.54) is 12.0 Å². The minimum absolute atomic E-state index is 0.0554. The first-order valence-corrected chi connectivity index (χ1v) is 9.16. The monoisotopic (exact) mass is 345 g/mol. The number of para-hydroxylation sites is 1. The fourth-order valence-corrected chi connectivity index (χ4v) is 3.65. The van der Waals surface area contributed by atoms with E-state index in [9.17, 15) is 4.79 Å².